The van der Waals surface area contributed by atoms with Crippen LogP contribution >= 0.6 is 0 Å². The number of carbonyl (C=O) groups is 3. The molecule has 0 unspecified atom stereocenters. The zero-order valence-corrected chi connectivity index (χ0v) is 19.0. The number of Topliss-reactive ketones (excluding diaryl/α,β-unsaturated/α-hetero) is 1. The lowest BCUT2D eigenvalue weighted by atomic mass is 9.78. The van der Waals surface area contributed by atoms with Gasteiger partial charge in [-0.1, -0.05) is 6.92 Å². The Kier molecular flexibility index (Phi) is 8.05. The van der Waals surface area contributed by atoms with E-state index < -0.39 is 17.7 Å². The van der Waals surface area contributed by atoms with Crippen LogP contribution in [-0.2, 0) is 14.4 Å². The van der Waals surface area contributed by atoms with Crippen LogP contribution in [0.5, 0.6) is 0 Å². The summed E-state index contributed by atoms with van der Waals surface area (Å²) in [7, 11) is 1.92. The lowest BCUT2D eigenvalue weighted by Gasteiger charge is -2.40. The Morgan fingerprint density at radius 1 is 0.806 bits per heavy atom. The molecule has 0 aromatic heterocycles. The second-order valence-corrected chi connectivity index (χ2v) is 9.58. The van der Waals surface area contributed by atoms with Crippen molar-refractivity contribution in [2.75, 3.05) is 46.3 Å². The molecule has 0 atom stereocenters. The first kappa shape index (κ1) is 24.1. The Morgan fingerprint density at radius 3 is 1.90 bits per heavy atom. The van der Waals surface area contributed by atoms with Gasteiger partial charge in [-0.05, 0) is 52.0 Å². The second kappa shape index (κ2) is 10.4. The molecule has 2 aliphatic heterocycles. The molecule has 0 spiro atoms. The van der Waals surface area contributed by atoms with Gasteiger partial charge in [-0.25, -0.2) is 0 Å². The van der Waals surface area contributed by atoms with Crippen molar-refractivity contribution < 1.29 is 23.2 Å². The molecule has 2 saturated heterocycles. The van der Waals surface area contributed by atoms with Crippen LogP contribution in [0.3, 0.4) is 0 Å². The zero-order valence-electron chi connectivity index (χ0n) is 19.0. The van der Waals surface area contributed by atoms with Crippen LogP contribution in [0.15, 0.2) is 0 Å². The van der Waals surface area contributed by atoms with Crippen molar-refractivity contribution in [3.8, 4) is 0 Å². The van der Waals surface area contributed by atoms with E-state index in [1.165, 1.54) is 4.90 Å². The fourth-order valence-electron chi connectivity index (χ4n) is 5.23. The number of hydrogen-bond donors (Lipinski definition) is 0. The first-order valence-electron chi connectivity index (χ1n) is 11.9. The molecule has 1 saturated carbocycles. The molecule has 0 aromatic rings. The Labute approximate surface area is 184 Å². The van der Waals surface area contributed by atoms with Crippen LogP contribution in [0.4, 0.5) is 8.78 Å². The average Bonchev–Trinajstić information content (AvgIpc) is 2.79. The van der Waals surface area contributed by atoms with Gasteiger partial charge in [0.1, 0.15) is 5.78 Å². The van der Waals surface area contributed by atoms with Gasteiger partial charge in [-0.3, -0.25) is 14.4 Å². The maximum absolute atomic E-state index is 14.9. The number of halogens is 2. The SMILES string of the molecule is CCCC(=O)C1CCC(C(=O)N2CCC(C(F)(F)C(=O)N3CCN(C)CC3)CC2)CC1. The number of ketones is 1. The fraction of sp³-hybridized carbons (Fsp3) is 0.870. The molecule has 31 heavy (non-hydrogen) atoms. The van der Waals surface area contributed by atoms with E-state index in [9.17, 15) is 23.2 Å². The van der Waals surface area contributed by atoms with Crippen LogP contribution in [0.2, 0.25) is 0 Å². The fourth-order valence-corrected chi connectivity index (χ4v) is 5.23. The van der Waals surface area contributed by atoms with E-state index in [0.29, 0.717) is 51.2 Å². The molecule has 0 radical (unpaired) electrons. The minimum absolute atomic E-state index is 0.0357. The van der Waals surface area contributed by atoms with E-state index in [1.54, 1.807) is 4.90 Å². The van der Waals surface area contributed by atoms with E-state index in [1.807, 2.05) is 18.9 Å². The van der Waals surface area contributed by atoms with Gasteiger partial charge in [0.05, 0.1) is 0 Å². The number of alkyl halides is 2. The normalized spacial score (nSPS) is 26.7. The van der Waals surface area contributed by atoms with Gasteiger partial charge < -0.3 is 14.7 Å². The summed E-state index contributed by atoms with van der Waals surface area (Å²) < 4.78 is 29.8. The zero-order chi connectivity index (χ0) is 22.6. The Hall–Kier alpha value is -1.57. The summed E-state index contributed by atoms with van der Waals surface area (Å²) in [6.45, 7) is 4.46. The molecule has 3 rings (SSSR count). The van der Waals surface area contributed by atoms with E-state index >= 15 is 0 Å². The molecule has 2 heterocycles. The number of amides is 2. The molecule has 3 aliphatic rings. The van der Waals surface area contributed by atoms with Gasteiger partial charge >= 0.3 is 5.92 Å². The molecule has 3 fully saturated rings. The number of likely N-dealkylation sites (tertiary alicyclic amines) is 1. The molecular weight excluding hydrogens is 404 g/mol. The van der Waals surface area contributed by atoms with Crippen molar-refractivity contribution in [2.24, 2.45) is 17.8 Å². The summed E-state index contributed by atoms with van der Waals surface area (Å²) in [5.74, 6) is -5.12. The molecule has 176 valence electrons. The topological polar surface area (TPSA) is 60.9 Å². The van der Waals surface area contributed by atoms with Crippen molar-refractivity contribution >= 4 is 17.6 Å². The molecule has 6 nitrogen and oxygen atoms in total. The van der Waals surface area contributed by atoms with Crippen molar-refractivity contribution in [1.82, 2.24) is 14.7 Å². The van der Waals surface area contributed by atoms with Gasteiger partial charge in [0, 0.05) is 63.4 Å². The maximum Gasteiger partial charge on any atom is 0.327 e. The van der Waals surface area contributed by atoms with Crippen molar-refractivity contribution in [3.63, 3.8) is 0 Å². The lowest BCUT2D eigenvalue weighted by molar-refractivity contribution is -0.171. The summed E-state index contributed by atoms with van der Waals surface area (Å²) in [4.78, 5) is 42.5. The van der Waals surface area contributed by atoms with E-state index in [0.717, 1.165) is 19.3 Å². The number of piperidine rings is 1. The smallest absolute Gasteiger partial charge is 0.327 e. The first-order valence-corrected chi connectivity index (χ1v) is 11.9. The minimum Gasteiger partial charge on any atom is -0.342 e. The Morgan fingerprint density at radius 2 is 1.35 bits per heavy atom. The number of hydrogen-bond acceptors (Lipinski definition) is 4. The maximum atomic E-state index is 14.9. The third-order valence-corrected chi connectivity index (χ3v) is 7.42. The summed E-state index contributed by atoms with van der Waals surface area (Å²) in [6, 6.07) is 0. The van der Waals surface area contributed by atoms with Gasteiger partial charge in [-0.2, -0.15) is 8.78 Å². The van der Waals surface area contributed by atoms with Crippen molar-refractivity contribution in [1.29, 1.82) is 0 Å². The van der Waals surface area contributed by atoms with Crippen molar-refractivity contribution in [3.05, 3.63) is 0 Å². The van der Waals surface area contributed by atoms with Gasteiger partial charge in [0.2, 0.25) is 5.91 Å². The largest absolute Gasteiger partial charge is 0.342 e. The van der Waals surface area contributed by atoms with Gasteiger partial charge in [-0.15, -0.1) is 0 Å². The molecule has 0 N–H and O–H groups in total. The summed E-state index contributed by atoms with van der Waals surface area (Å²) in [5.41, 5.74) is 0. The van der Waals surface area contributed by atoms with Crippen LogP contribution in [0.25, 0.3) is 0 Å². The van der Waals surface area contributed by atoms with Crippen molar-refractivity contribution in [2.45, 2.75) is 64.2 Å². The van der Waals surface area contributed by atoms with E-state index in [4.69, 9.17) is 0 Å². The third-order valence-electron chi connectivity index (χ3n) is 7.42. The lowest BCUT2D eigenvalue weighted by Crippen LogP contribution is -2.56. The number of carbonyl (C=O) groups excluding carboxylic acids is 3. The quantitative estimate of drug-likeness (QED) is 0.636. The molecule has 0 bridgehead atoms. The Bertz CT molecular complexity index is 648. The highest BCUT2D eigenvalue weighted by atomic mass is 19.3. The van der Waals surface area contributed by atoms with E-state index in [2.05, 4.69) is 0 Å². The minimum atomic E-state index is -3.37. The molecule has 8 heteroatoms. The molecule has 1 aliphatic carbocycles. The monoisotopic (exact) mass is 441 g/mol. The highest BCUT2D eigenvalue weighted by Crippen LogP contribution is 2.37. The summed E-state index contributed by atoms with van der Waals surface area (Å²) >= 11 is 0. The molecule has 0 aromatic carbocycles. The van der Waals surface area contributed by atoms with Crippen LogP contribution < -0.4 is 0 Å². The highest BCUT2D eigenvalue weighted by Gasteiger charge is 2.50. The summed E-state index contributed by atoms with van der Waals surface area (Å²) in [5, 5.41) is 0. The van der Waals surface area contributed by atoms with Crippen LogP contribution in [-0.4, -0.2) is 84.5 Å². The number of likely N-dealkylation sites (N-methyl/N-ethyl adjacent to an activating group) is 1. The van der Waals surface area contributed by atoms with Gasteiger partial charge in [0.15, 0.2) is 0 Å². The predicted octanol–water partition coefficient (Wildman–Crippen LogP) is 2.81. The summed E-state index contributed by atoms with van der Waals surface area (Å²) in [6.07, 6.45) is 4.69. The number of rotatable bonds is 6. The Balaban J connectivity index is 1.47. The second-order valence-electron chi connectivity index (χ2n) is 9.58. The van der Waals surface area contributed by atoms with Gasteiger partial charge in [0.25, 0.3) is 5.91 Å². The number of piperazine rings is 1. The standard InChI is InChI=1S/C23H37F2N3O3/c1-3-4-20(29)17-5-7-18(8-6-17)21(30)27-11-9-19(10-12-27)23(24,25)22(31)28-15-13-26(2)14-16-28/h17-19H,3-16H2,1-2H3. The highest BCUT2D eigenvalue weighted by molar-refractivity contribution is 5.84. The average molecular weight is 442 g/mol. The first-order chi connectivity index (χ1) is 14.7. The predicted molar refractivity (Wildman–Crippen MR) is 114 cm³/mol. The van der Waals surface area contributed by atoms with Crippen LogP contribution in [0, 0.1) is 17.8 Å². The molecule has 2 amide bonds. The third kappa shape index (κ3) is 5.62. The number of nitrogens with zero attached hydrogens (tertiary/aromatic N) is 3. The van der Waals surface area contributed by atoms with E-state index in [-0.39, 0.29) is 43.7 Å². The molecular formula is C23H37F2N3O3. The van der Waals surface area contributed by atoms with Crippen LogP contribution in [0.1, 0.15) is 58.3 Å².